The van der Waals surface area contributed by atoms with E-state index in [-0.39, 0.29) is 4.32 Å². The van der Waals surface area contributed by atoms with Gasteiger partial charge in [0.25, 0.3) is 5.91 Å². The van der Waals surface area contributed by atoms with E-state index < -0.39 is 18.4 Å². The molecule has 144 valence electrons. The van der Waals surface area contributed by atoms with Crippen molar-refractivity contribution in [2.45, 2.75) is 6.61 Å². The normalized spacial score (nSPS) is 15.4. The van der Waals surface area contributed by atoms with Gasteiger partial charge in [-0.05, 0) is 35.9 Å². The molecule has 2 aromatic rings. The number of carboxylic acid groups (broad SMARTS) is 1. The van der Waals surface area contributed by atoms with E-state index in [4.69, 9.17) is 45.3 Å². The van der Waals surface area contributed by atoms with Crippen molar-refractivity contribution >= 4 is 69.5 Å². The molecule has 1 heterocycles. The summed E-state index contributed by atoms with van der Waals surface area (Å²) in [6.45, 7) is -0.148. The van der Waals surface area contributed by atoms with Gasteiger partial charge in [-0.15, -0.1) is 0 Å². The van der Waals surface area contributed by atoms with Crippen LogP contribution in [0.3, 0.4) is 0 Å². The molecular weight excluding hydrogens is 441 g/mol. The number of thiocarbonyl (C=S) groups is 1. The molecule has 0 unspecified atom stereocenters. The number of halogens is 2. The largest absolute Gasteiger partial charge is 0.489 e. The first-order valence-electron chi connectivity index (χ1n) is 7.97. The third-order valence-electron chi connectivity index (χ3n) is 3.75. The van der Waals surface area contributed by atoms with Gasteiger partial charge in [0.2, 0.25) is 0 Å². The molecule has 28 heavy (non-hydrogen) atoms. The van der Waals surface area contributed by atoms with Gasteiger partial charge < -0.3 is 9.84 Å². The summed E-state index contributed by atoms with van der Waals surface area (Å²) in [4.78, 5) is 24.6. The van der Waals surface area contributed by atoms with E-state index in [1.807, 2.05) is 0 Å². The molecule has 0 radical (unpaired) electrons. The minimum Gasteiger partial charge on any atom is -0.489 e. The molecule has 1 fully saturated rings. The second-order valence-corrected chi connectivity index (χ2v) is 8.27. The zero-order chi connectivity index (χ0) is 20.3. The predicted molar refractivity (Wildman–Crippen MR) is 115 cm³/mol. The number of benzene rings is 2. The number of thioether (sulfide) groups is 1. The summed E-state index contributed by atoms with van der Waals surface area (Å²) in [6.07, 6.45) is 1.67. The molecule has 9 heteroatoms. The van der Waals surface area contributed by atoms with Gasteiger partial charge in [-0.3, -0.25) is 14.5 Å². The average molecular weight is 454 g/mol. The molecule has 5 nitrogen and oxygen atoms in total. The van der Waals surface area contributed by atoms with E-state index in [2.05, 4.69) is 0 Å². The number of hydrogen-bond donors (Lipinski definition) is 1. The van der Waals surface area contributed by atoms with E-state index in [0.717, 1.165) is 27.8 Å². The molecule has 0 aliphatic carbocycles. The molecule has 1 aliphatic heterocycles. The highest BCUT2D eigenvalue weighted by Crippen LogP contribution is 2.32. The molecule has 0 atom stereocenters. The van der Waals surface area contributed by atoms with Crippen LogP contribution in [0, 0.1) is 0 Å². The van der Waals surface area contributed by atoms with Crippen molar-refractivity contribution < 1.29 is 19.4 Å². The van der Waals surface area contributed by atoms with Crippen LogP contribution in [0.2, 0.25) is 10.0 Å². The quantitative estimate of drug-likeness (QED) is 0.497. The number of rotatable bonds is 6. The number of aliphatic carboxylic acids is 1. The summed E-state index contributed by atoms with van der Waals surface area (Å²) in [5, 5.41) is 9.97. The fraction of sp³-hybridized carbons (Fsp3) is 0.105. The van der Waals surface area contributed by atoms with Crippen molar-refractivity contribution in [3.63, 3.8) is 0 Å². The van der Waals surface area contributed by atoms with E-state index in [1.165, 1.54) is 0 Å². The summed E-state index contributed by atoms with van der Waals surface area (Å²) in [6, 6.07) is 12.3. The Morgan fingerprint density at radius 3 is 2.57 bits per heavy atom. The van der Waals surface area contributed by atoms with Gasteiger partial charge in [0.1, 0.15) is 23.2 Å². The van der Waals surface area contributed by atoms with E-state index in [0.29, 0.717) is 27.3 Å². The maximum absolute atomic E-state index is 12.3. The van der Waals surface area contributed by atoms with E-state index in [9.17, 15) is 9.59 Å². The van der Waals surface area contributed by atoms with Gasteiger partial charge in [0.05, 0.1) is 4.91 Å². The third kappa shape index (κ3) is 5.05. The monoisotopic (exact) mass is 453 g/mol. The number of carbonyl (C=O) groups is 2. The molecule has 0 aromatic heterocycles. The highest BCUT2D eigenvalue weighted by atomic mass is 35.5. The first-order valence-corrected chi connectivity index (χ1v) is 9.95. The number of ether oxygens (including phenoxy) is 1. The topological polar surface area (TPSA) is 66.8 Å². The summed E-state index contributed by atoms with van der Waals surface area (Å²) >= 11 is 18.2. The Balaban J connectivity index is 1.66. The van der Waals surface area contributed by atoms with Crippen LogP contribution in [-0.2, 0) is 16.2 Å². The van der Waals surface area contributed by atoms with Crippen LogP contribution in [0.15, 0.2) is 47.4 Å². The summed E-state index contributed by atoms with van der Waals surface area (Å²) in [5.41, 5.74) is 1.59. The van der Waals surface area contributed by atoms with Crippen molar-refractivity contribution in [1.82, 2.24) is 4.90 Å². The molecule has 0 saturated carbocycles. The van der Waals surface area contributed by atoms with Gasteiger partial charge in [-0.2, -0.15) is 0 Å². The van der Waals surface area contributed by atoms with Gasteiger partial charge in [0.15, 0.2) is 0 Å². The van der Waals surface area contributed by atoms with Crippen LogP contribution >= 0.6 is 47.2 Å². The first kappa shape index (κ1) is 20.7. The summed E-state index contributed by atoms with van der Waals surface area (Å²) in [7, 11) is 0. The van der Waals surface area contributed by atoms with Crippen molar-refractivity contribution in [3.05, 3.63) is 68.5 Å². The Bertz CT molecular complexity index is 976. The standard InChI is InChI=1S/C19H13Cl2NO4S2/c20-13-4-3-12(15(21)8-13)10-26-14-5-1-11(2-6-14)7-16-18(25)22(9-17(23)24)19(27)28-16/h1-8H,9-10H2,(H,23,24). The van der Waals surface area contributed by atoms with Crippen molar-refractivity contribution in [1.29, 1.82) is 0 Å². The highest BCUT2D eigenvalue weighted by molar-refractivity contribution is 8.26. The Kier molecular flexibility index (Phi) is 6.61. The molecule has 0 bridgehead atoms. The lowest BCUT2D eigenvalue weighted by molar-refractivity contribution is -0.140. The fourth-order valence-corrected chi connectivity index (χ4v) is 4.10. The zero-order valence-corrected chi connectivity index (χ0v) is 17.4. The molecule has 1 aliphatic rings. The Labute approximate surface area is 180 Å². The van der Waals surface area contributed by atoms with Crippen LogP contribution in [0.25, 0.3) is 6.08 Å². The van der Waals surface area contributed by atoms with Crippen molar-refractivity contribution in [2.24, 2.45) is 0 Å². The fourth-order valence-electron chi connectivity index (χ4n) is 2.38. The second-order valence-electron chi connectivity index (χ2n) is 5.76. The van der Waals surface area contributed by atoms with Crippen LogP contribution in [0.4, 0.5) is 0 Å². The SMILES string of the molecule is O=C(O)CN1C(=O)C(=Cc2ccc(OCc3ccc(Cl)cc3Cl)cc2)SC1=S. The number of carboxylic acids is 1. The second kappa shape index (κ2) is 8.96. The third-order valence-corrected chi connectivity index (χ3v) is 5.72. The van der Waals surface area contributed by atoms with E-state index >= 15 is 0 Å². The average Bonchev–Trinajstić information content (AvgIpc) is 2.89. The molecule has 3 rings (SSSR count). The highest BCUT2D eigenvalue weighted by Gasteiger charge is 2.33. The van der Waals surface area contributed by atoms with Crippen LogP contribution < -0.4 is 4.74 Å². The number of carbonyl (C=O) groups excluding carboxylic acids is 1. The lowest BCUT2D eigenvalue weighted by Gasteiger charge is -2.10. The van der Waals surface area contributed by atoms with Crippen molar-refractivity contribution in [2.75, 3.05) is 6.54 Å². The minimum atomic E-state index is -1.11. The smallest absolute Gasteiger partial charge is 0.323 e. The van der Waals surface area contributed by atoms with Crippen LogP contribution in [0.5, 0.6) is 5.75 Å². The zero-order valence-electron chi connectivity index (χ0n) is 14.2. The van der Waals surface area contributed by atoms with Gasteiger partial charge in [-0.1, -0.05) is 65.4 Å². The summed E-state index contributed by atoms with van der Waals surface area (Å²) in [5.74, 6) is -0.878. The lowest BCUT2D eigenvalue weighted by Crippen LogP contribution is -2.33. The Morgan fingerprint density at radius 1 is 1.21 bits per heavy atom. The Hall–Kier alpha value is -2.06. The lowest BCUT2D eigenvalue weighted by atomic mass is 10.2. The first-order chi connectivity index (χ1) is 13.3. The van der Waals surface area contributed by atoms with Crippen molar-refractivity contribution in [3.8, 4) is 5.75 Å². The maximum atomic E-state index is 12.3. The molecular formula is C19H13Cl2NO4S2. The molecule has 1 amide bonds. The van der Waals surface area contributed by atoms with E-state index in [1.54, 1.807) is 48.5 Å². The number of hydrogen-bond acceptors (Lipinski definition) is 5. The molecule has 0 spiro atoms. The molecule has 2 aromatic carbocycles. The minimum absolute atomic E-state index is 0.235. The maximum Gasteiger partial charge on any atom is 0.323 e. The molecule has 1 N–H and O–H groups in total. The molecule has 1 saturated heterocycles. The summed E-state index contributed by atoms with van der Waals surface area (Å²) < 4.78 is 5.96. The van der Waals surface area contributed by atoms with Crippen LogP contribution in [0.1, 0.15) is 11.1 Å². The number of nitrogens with zero attached hydrogens (tertiary/aromatic N) is 1. The predicted octanol–water partition coefficient (Wildman–Crippen LogP) is 4.86. The Morgan fingerprint density at radius 2 is 1.93 bits per heavy atom. The van der Waals surface area contributed by atoms with Crippen LogP contribution in [-0.4, -0.2) is 32.7 Å². The van der Waals surface area contributed by atoms with Gasteiger partial charge in [0, 0.05) is 15.6 Å². The van der Waals surface area contributed by atoms with Gasteiger partial charge in [-0.25, -0.2) is 0 Å². The van der Waals surface area contributed by atoms with Gasteiger partial charge >= 0.3 is 5.97 Å². The number of amides is 1.